The van der Waals surface area contributed by atoms with E-state index < -0.39 is 6.04 Å². The molecule has 0 saturated carbocycles. The average Bonchev–Trinajstić information content (AvgIpc) is 3.39. The molecule has 0 aliphatic carbocycles. The summed E-state index contributed by atoms with van der Waals surface area (Å²) in [6, 6.07) is 20.7. The molecule has 4 aromatic rings. The van der Waals surface area contributed by atoms with E-state index in [1.54, 1.807) is 4.68 Å². The van der Waals surface area contributed by atoms with Crippen molar-refractivity contribution in [1.82, 2.24) is 14.8 Å². The van der Waals surface area contributed by atoms with E-state index >= 15 is 0 Å². The molecule has 2 N–H and O–H groups in total. The second kappa shape index (κ2) is 13.4. The molecule has 10 heteroatoms. The van der Waals surface area contributed by atoms with E-state index in [4.69, 9.17) is 31.2 Å². The van der Waals surface area contributed by atoms with Gasteiger partial charge in [0, 0.05) is 22.2 Å². The first kappa shape index (κ1) is 29.5. The summed E-state index contributed by atoms with van der Waals surface area (Å²) in [6.45, 7) is 8.90. The molecule has 42 heavy (non-hydrogen) atoms. The first-order valence-electron chi connectivity index (χ1n) is 14.0. The van der Waals surface area contributed by atoms with Gasteiger partial charge >= 0.3 is 0 Å². The fourth-order valence-electron chi connectivity index (χ4n) is 4.75. The van der Waals surface area contributed by atoms with Gasteiger partial charge in [-0.1, -0.05) is 72.8 Å². The highest BCUT2D eigenvalue weighted by atomic mass is 35.5. The number of aromatic nitrogens is 3. The van der Waals surface area contributed by atoms with Crippen LogP contribution >= 0.6 is 23.4 Å². The van der Waals surface area contributed by atoms with E-state index in [1.165, 1.54) is 11.8 Å². The largest absolute Gasteiger partial charge is 0.490 e. The zero-order valence-electron chi connectivity index (χ0n) is 24.1. The summed E-state index contributed by atoms with van der Waals surface area (Å²) in [5.41, 5.74) is 4.77. The van der Waals surface area contributed by atoms with E-state index in [2.05, 4.69) is 17.6 Å². The second-order valence-electron chi connectivity index (χ2n) is 9.87. The summed E-state index contributed by atoms with van der Waals surface area (Å²) in [7, 11) is 0. The molecule has 5 rings (SSSR count). The number of fused-ring (bicyclic) bond motifs is 1. The van der Waals surface area contributed by atoms with Gasteiger partial charge in [0.05, 0.1) is 18.8 Å². The Balaban J connectivity index is 1.55. The van der Waals surface area contributed by atoms with Crippen LogP contribution in [0.5, 0.6) is 11.5 Å². The minimum atomic E-state index is -0.563. The van der Waals surface area contributed by atoms with Gasteiger partial charge in [-0.2, -0.15) is 4.98 Å². The summed E-state index contributed by atoms with van der Waals surface area (Å²) >= 11 is 7.87. The van der Waals surface area contributed by atoms with Crippen molar-refractivity contribution < 1.29 is 14.3 Å². The first-order valence-corrected chi connectivity index (χ1v) is 15.3. The monoisotopic (exact) mass is 603 g/mol. The van der Waals surface area contributed by atoms with Crippen molar-refractivity contribution in [1.29, 1.82) is 0 Å². The van der Waals surface area contributed by atoms with Crippen LogP contribution < -0.4 is 20.1 Å². The number of hydrogen-bond donors (Lipinski definition) is 2. The Morgan fingerprint density at radius 3 is 2.60 bits per heavy atom. The highest BCUT2D eigenvalue weighted by molar-refractivity contribution is 7.98. The number of rotatable bonds is 11. The van der Waals surface area contributed by atoms with Crippen LogP contribution in [0.3, 0.4) is 0 Å². The van der Waals surface area contributed by atoms with Crippen molar-refractivity contribution >= 4 is 40.9 Å². The van der Waals surface area contributed by atoms with Gasteiger partial charge < -0.3 is 20.1 Å². The number of amides is 1. The molecule has 1 atom stereocenters. The maximum Gasteiger partial charge on any atom is 0.255 e. The number of allylic oxidation sites excluding steroid dienone is 1. The van der Waals surface area contributed by atoms with Crippen LogP contribution in [0.1, 0.15) is 49.9 Å². The molecule has 1 unspecified atom stereocenters. The van der Waals surface area contributed by atoms with Gasteiger partial charge in [0.25, 0.3) is 5.91 Å². The number of benzene rings is 3. The summed E-state index contributed by atoms with van der Waals surface area (Å²) in [4.78, 5) is 18.7. The number of carbonyl (C=O) groups is 1. The Morgan fingerprint density at radius 1 is 1.05 bits per heavy atom. The number of nitrogens with one attached hydrogen (secondary N) is 2. The predicted octanol–water partition coefficient (Wildman–Crippen LogP) is 7.65. The van der Waals surface area contributed by atoms with E-state index in [1.807, 2.05) is 87.5 Å². The molecular formula is C32H34ClN5O3S. The van der Waals surface area contributed by atoms with Crippen LogP contribution in [0.15, 0.2) is 83.2 Å². The van der Waals surface area contributed by atoms with Gasteiger partial charge in [0.2, 0.25) is 11.1 Å². The van der Waals surface area contributed by atoms with E-state index in [-0.39, 0.29) is 5.91 Å². The van der Waals surface area contributed by atoms with Crippen molar-refractivity contribution in [3.63, 3.8) is 0 Å². The van der Waals surface area contributed by atoms with Crippen LogP contribution in [0.4, 0.5) is 11.6 Å². The molecule has 1 aromatic heterocycles. The van der Waals surface area contributed by atoms with E-state index in [9.17, 15) is 4.79 Å². The molecule has 218 valence electrons. The Labute approximate surface area is 255 Å². The Bertz CT molecular complexity index is 1620. The second-order valence-corrected chi connectivity index (χ2v) is 11.2. The quantitative estimate of drug-likeness (QED) is 0.170. The Kier molecular flexibility index (Phi) is 9.39. The van der Waals surface area contributed by atoms with Gasteiger partial charge in [0.1, 0.15) is 6.04 Å². The lowest BCUT2D eigenvalue weighted by Gasteiger charge is -2.29. The molecule has 3 aromatic carbocycles. The summed E-state index contributed by atoms with van der Waals surface area (Å²) < 4.78 is 13.7. The highest BCUT2D eigenvalue weighted by Gasteiger charge is 2.35. The molecule has 0 saturated heterocycles. The van der Waals surface area contributed by atoms with Gasteiger partial charge in [-0.3, -0.25) is 4.79 Å². The topological polar surface area (TPSA) is 90.3 Å². The third-order valence-corrected chi connectivity index (χ3v) is 8.09. The number of ether oxygens (including phenoxy) is 2. The third kappa shape index (κ3) is 6.42. The number of nitrogens with zero attached hydrogens (tertiary/aromatic N) is 3. The molecule has 1 amide bonds. The zero-order chi connectivity index (χ0) is 29.6. The molecule has 0 radical (unpaired) electrons. The lowest BCUT2D eigenvalue weighted by molar-refractivity contribution is -0.113. The SMILES string of the molecule is CCCOc1ccc(C2C(C(=O)Nc3ccccc3C)=C(C)Nc3nc(SCc4ccccc4Cl)nn32)cc1OCC. The minimum absolute atomic E-state index is 0.227. The van der Waals surface area contributed by atoms with Gasteiger partial charge in [-0.15, -0.1) is 5.10 Å². The first-order chi connectivity index (χ1) is 20.4. The van der Waals surface area contributed by atoms with Gasteiger partial charge in [0.15, 0.2) is 11.5 Å². The normalized spacial score (nSPS) is 14.3. The van der Waals surface area contributed by atoms with Gasteiger partial charge in [-0.25, -0.2) is 4.68 Å². The number of halogens is 1. The van der Waals surface area contributed by atoms with Crippen LogP contribution in [-0.2, 0) is 10.5 Å². The van der Waals surface area contributed by atoms with Crippen molar-refractivity contribution in [3.8, 4) is 11.5 Å². The zero-order valence-corrected chi connectivity index (χ0v) is 25.7. The number of thioether (sulfide) groups is 1. The predicted molar refractivity (Wildman–Crippen MR) is 169 cm³/mol. The minimum Gasteiger partial charge on any atom is -0.490 e. The van der Waals surface area contributed by atoms with Gasteiger partial charge in [-0.05, 0) is 68.1 Å². The summed E-state index contributed by atoms with van der Waals surface area (Å²) in [5.74, 6) is 2.22. The van der Waals surface area contributed by atoms with Crippen molar-refractivity contribution in [2.45, 2.75) is 51.1 Å². The van der Waals surface area contributed by atoms with Crippen molar-refractivity contribution in [2.24, 2.45) is 0 Å². The fourth-order valence-corrected chi connectivity index (χ4v) is 5.86. The Hall–Kier alpha value is -3.95. The van der Waals surface area contributed by atoms with Crippen molar-refractivity contribution in [3.05, 3.63) is 99.7 Å². The Morgan fingerprint density at radius 2 is 1.83 bits per heavy atom. The molecule has 1 aliphatic rings. The molecule has 8 nitrogen and oxygen atoms in total. The fraction of sp³-hybridized carbons (Fsp3) is 0.281. The number of para-hydroxylation sites is 1. The number of carbonyl (C=O) groups excluding carboxylic acids is 1. The summed E-state index contributed by atoms with van der Waals surface area (Å²) in [5, 5.41) is 12.6. The van der Waals surface area contributed by atoms with E-state index in [0.29, 0.717) is 57.9 Å². The maximum atomic E-state index is 14.0. The van der Waals surface area contributed by atoms with Crippen LogP contribution in [-0.4, -0.2) is 33.9 Å². The number of aryl methyl sites for hydroxylation is 1. The number of anilines is 2. The summed E-state index contributed by atoms with van der Waals surface area (Å²) in [6.07, 6.45) is 0.879. The number of hydrogen-bond acceptors (Lipinski definition) is 7. The third-order valence-electron chi connectivity index (χ3n) is 6.83. The van der Waals surface area contributed by atoms with Crippen molar-refractivity contribution in [2.75, 3.05) is 23.8 Å². The maximum absolute atomic E-state index is 14.0. The lowest BCUT2D eigenvalue weighted by Crippen LogP contribution is -2.31. The van der Waals surface area contributed by atoms with Crippen LogP contribution in [0, 0.1) is 6.92 Å². The molecule has 1 aliphatic heterocycles. The lowest BCUT2D eigenvalue weighted by atomic mass is 9.94. The molecule has 0 fully saturated rings. The van der Waals surface area contributed by atoms with E-state index in [0.717, 1.165) is 28.8 Å². The average molecular weight is 604 g/mol. The van der Waals surface area contributed by atoms with Crippen LogP contribution in [0.25, 0.3) is 0 Å². The smallest absolute Gasteiger partial charge is 0.255 e. The molecule has 0 spiro atoms. The standard InChI is InChI=1S/C32H34ClN5O3S/c1-5-17-41-26-16-15-22(18-27(26)40-6-2)29-28(30(39)35-25-14-10-7-11-20(25)3)21(4)34-31-36-32(37-38(29)31)42-19-23-12-8-9-13-24(23)33/h7-16,18,29H,5-6,17,19H2,1-4H3,(H,35,39)(H,34,36,37). The highest BCUT2D eigenvalue weighted by Crippen LogP contribution is 2.40. The molecule has 0 bridgehead atoms. The van der Waals surface area contributed by atoms with Crippen LogP contribution in [0.2, 0.25) is 5.02 Å². The molecular weight excluding hydrogens is 570 g/mol. The molecule has 2 heterocycles.